The van der Waals surface area contributed by atoms with E-state index in [9.17, 15) is 43.2 Å². The molecule has 0 aromatic carbocycles. The fourth-order valence-corrected chi connectivity index (χ4v) is 14.8. The van der Waals surface area contributed by atoms with Gasteiger partial charge in [0.05, 0.1) is 26.4 Å². The average molecular weight is 1520 g/mol. The van der Waals surface area contributed by atoms with Crippen molar-refractivity contribution in [2.75, 3.05) is 39.6 Å². The van der Waals surface area contributed by atoms with Gasteiger partial charge in [-0.3, -0.25) is 37.3 Å². The van der Waals surface area contributed by atoms with E-state index in [4.69, 9.17) is 37.0 Å². The van der Waals surface area contributed by atoms with E-state index >= 15 is 0 Å². The number of carbonyl (C=O) groups is 4. The molecule has 104 heavy (non-hydrogen) atoms. The van der Waals surface area contributed by atoms with Crippen molar-refractivity contribution >= 4 is 39.5 Å². The van der Waals surface area contributed by atoms with Gasteiger partial charge in [0.25, 0.3) is 0 Å². The van der Waals surface area contributed by atoms with Gasteiger partial charge in [0.2, 0.25) is 0 Å². The van der Waals surface area contributed by atoms with Crippen molar-refractivity contribution in [3.63, 3.8) is 0 Å². The molecule has 0 rings (SSSR count). The summed E-state index contributed by atoms with van der Waals surface area (Å²) in [4.78, 5) is 73.2. The molecule has 0 aromatic heterocycles. The van der Waals surface area contributed by atoms with Crippen molar-refractivity contribution in [2.45, 2.75) is 477 Å². The van der Waals surface area contributed by atoms with Crippen LogP contribution in [0.3, 0.4) is 0 Å². The number of hydrogen-bond acceptors (Lipinski definition) is 15. The van der Waals surface area contributed by atoms with E-state index in [-0.39, 0.29) is 25.7 Å². The Morgan fingerprint density at radius 1 is 0.269 bits per heavy atom. The molecule has 0 aliphatic heterocycles. The van der Waals surface area contributed by atoms with Crippen LogP contribution in [0.15, 0.2) is 0 Å². The number of ether oxygens (including phenoxy) is 4. The molecule has 0 bridgehead atoms. The Kier molecular flexibility index (Phi) is 76.3. The Balaban J connectivity index is 5.25. The summed E-state index contributed by atoms with van der Waals surface area (Å²) in [6.07, 6.45) is 70.7. The first kappa shape index (κ1) is 102. The highest BCUT2D eigenvalue weighted by Crippen LogP contribution is 2.45. The van der Waals surface area contributed by atoms with Gasteiger partial charge in [-0.25, -0.2) is 9.13 Å². The minimum Gasteiger partial charge on any atom is -0.462 e. The van der Waals surface area contributed by atoms with Gasteiger partial charge in [-0.1, -0.05) is 407 Å². The number of rotatable bonds is 85. The predicted octanol–water partition coefficient (Wildman–Crippen LogP) is 26.0. The number of phosphoric ester groups is 2. The smallest absolute Gasteiger partial charge is 0.462 e. The number of esters is 4. The largest absolute Gasteiger partial charge is 0.472 e. The van der Waals surface area contributed by atoms with Crippen LogP contribution in [-0.2, 0) is 65.4 Å². The topological polar surface area (TPSA) is 237 Å². The van der Waals surface area contributed by atoms with E-state index in [1.165, 1.54) is 283 Å². The first-order chi connectivity index (χ1) is 50.6. The Morgan fingerprint density at radius 2 is 0.462 bits per heavy atom. The summed E-state index contributed by atoms with van der Waals surface area (Å²) in [6, 6.07) is 0. The molecule has 0 fully saturated rings. The summed E-state index contributed by atoms with van der Waals surface area (Å²) in [5, 5.41) is 10.7. The maximum absolute atomic E-state index is 13.1. The van der Waals surface area contributed by atoms with Gasteiger partial charge < -0.3 is 33.8 Å². The van der Waals surface area contributed by atoms with Gasteiger partial charge in [-0.05, 0) is 31.6 Å². The van der Waals surface area contributed by atoms with E-state index in [1.54, 1.807) is 0 Å². The molecule has 19 heteroatoms. The number of carbonyl (C=O) groups excluding carboxylic acids is 4. The Bertz CT molecular complexity index is 1980. The van der Waals surface area contributed by atoms with Crippen molar-refractivity contribution in [3.05, 3.63) is 0 Å². The minimum atomic E-state index is -4.96. The normalized spacial score (nSPS) is 14.0. The zero-order valence-corrected chi connectivity index (χ0v) is 70.0. The summed E-state index contributed by atoms with van der Waals surface area (Å²) in [5.41, 5.74) is 0. The number of aliphatic hydroxyl groups is 1. The summed E-state index contributed by atoms with van der Waals surface area (Å²) in [7, 11) is -9.93. The zero-order chi connectivity index (χ0) is 76.2. The zero-order valence-electron chi connectivity index (χ0n) is 68.2. The second-order valence-electron chi connectivity index (χ2n) is 30.8. The monoisotopic (exact) mass is 1520 g/mol. The van der Waals surface area contributed by atoms with Crippen LogP contribution in [-0.4, -0.2) is 96.7 Å². The number of unbranched alkanes of at least 4 members (excludes halogenated alkanes) is 56. The van der Waals surface area contributed by atoms with Gasteiger partial charge >= 0.3 is 39.5 Å². The highest BCUT2D eigenvalue weighted by Gasteiger charge is 2.30. The maximum Gasteiger partial charge on any atom is 0.472 e. The predicted molar refractivity (Wildman–Crippen MR) is 428 cm³/mol. The van der Waals surface area contributed by atoms with Crippen LogP contribution < -0.4 is 0 Å². The van der Waals surface area contributed by atoms with Crippen LogP contribution in [0.5, 0.6) is 0 Å². The third-order valence-corrected chi connectivity index (χ3v) is 22.3. The quantitative estimate of drug-likeness (QED) is 0.0222. The van der Waals surface area contributed by atoms with Crippen LogP contribution in [0.25, 0.3) is 0 Å². The Morgan fingerprint density at radius 3 is 0.683 bits per heavy atom. The van der Waals surface area contributed by atoms with E-state index in [1.807, 2.05) is 0 Å². The molecule has 618 valence electrons. The summed E-state index contributed by atoms with van der Waals surface area (Å²) in [6.45, 7) is 7.39. The molecule has 0 aromatic rings. The van der Waals surface area contributed by atoms with E-state index in [0.29, 0.717) is 25.7 Å². The first-order valence-corrected chi connectivity index (χ1v) is 47.2. The van der Waals surface area contributed by atoms with E-state index in [2.05, 4.69) is 34.6 Å². The summed E-state index contributed by atoms with van der Waals surface area (Å²) in [5.74, 6) is -1.30. The lowest BCUT2D eigenvalue weighted by atomic mass is 9.99. The molecule has 0 aliphatic carbocycles. The van der Waals surface area contributed by atoms with Gasteiger partial charge in [-0.2, -0.15) is 0 Å². The molecular formula is C85H166O17P2. The highest BCUT2D eigenvalue weighted by atomic mass is 31.2. The van der Waals surface area contributed by atoms with Crippen LogP contribution in [0.1, 0.15) is 458 Å². The third-order valence-electron chi connectivity index (χ3n) is 20.4. The Hall–Kier alpha value is -1.94. The third kappa shape index (κ3) is 76.8. The molecule has 0 saturated carbocycles. The van der Waals surface area contributed by atoms with Crippen molar-refractivity contribution in [1.82, 2.24) is 0 Å². The van der Waals surface area contributed by atoms with Crippen LogP contribution >= 0.6 is 15.6 Å². The molecule has 0 radical (unpaired) electrons. The number of aliphatic hydroxyl groups excluding tert-OH is 1. The minimum absolute atomic E-state index is 0.107. The lowest BCUT2D eigenvalue weighted by molar-refractivity contribution is -0.161. The van der Waals surface area contributed by atoms with Crippen molar-refractivity contribution in [3.8, 4) is 0 Å². The van der Waals surface area contributed by atoms with Crippen LogP contribution in [0, 0.1) is 5.92 Å². The van der Waals surface area contributed by atoms with Crippen molar-refractivity contribution in [1.29, 1.82) is 0 Å². The average Bonchev–Trinajstić information content (AvgIpc) is 0.906. The lowest BCUT2D eigenvalue weighted by Gasteiger charge is -2.21. The number of phosphoric acid groups is 2. The molecule has 0 spiro atoms. The fourth-order valence-electron chi connectivity index (χ4n) is 13.3. The molecule has 3 unspecified atom stereocenters. The van der Waals surface area contributed by atoms with E-state index in [0.717, 1.165) is 95.8 Å². The molecule has 0 heterocycles. The maximum atomic E-state index is 13.1. The standard InChI is InChI=1S/C85H166O17P2/c1-6-10-13-16-19-22-25-28-30-32-33-34-35-36-38-41-44-50-55-60-65-70-84(89)101-80(74-96-83(88)69-64-59-54-49-43-40-37-31-29-26-23-20-17-14-11-7-2)76-99-103(91,92)97-72-79(86)73-98-104(93,94)100-77-81(75-95-82(87)68-63-58-53-48-42-39-27-24-21-18-15-12-8-3)102-85(90)71-66-61-56-51-46-45-47-52-57-62-67-78(5)9-4/h78-81,86H,6-77H2,1-5H3,(H,91,92)(H,93,94)/t78?,79-,80-,81-/m1/s1. The van der Waals surface area contributed by atoms with Gasteiger partial charge in [-0.15, -0.1) is 0 Å². The first-order valence-electron chi connectivity index (χ1n) is 44.2. The highest BCUT2D eigenvalue weighted by molar-refractivity contribution is 7.47. The van der Waals surface area contributed by atoms with Gasteiger partial charge in [0.1, 0.15) is 19.3 Å². The molecule has 0 amide bonds. The lowest BCUT2D eigenvalue weighted by Crippen LogP contribution is -2.30. The van der Waals surface area contributed by atoms with Crippen molar-refractivity contribution < 1.29 is 80.2 Å². The molecule has 3 N–H and O–H groups in total. The van der Waals surface area contributed by atoms with Gasteiger partial charge in [0, 0.05) is 25.7 Å². The summed E-state index contributed by atoms with van der Waals surface area (Å²) >= 11 is 0. The fraction of sp³-hybridized carbons (Fsp3) is 0.953. The van der Waals surface area contributed by atoms with E-state index < -0.39 is 97.5 Å². The van der Waals surface area contributed by atoms with Crippen molar-refractivity contribution in [2.24, 2.45) is 5.92 Å². The SMILES string of the molecule is CCCCCCCCCCCCCCCCCCCCCCCC(=O)O[C@H](COC(=O)CCCCCCCCCCCCCCCCCC)COP(=O)(O)OC[C@@H](O)COP(=O)(O)OC[C@@H](COC(=O)CCCCCCCCCCCCCCC)OC(=O)CCCCCCCCCCCCC(C)CC. The summed E-state index contributed by atoms with van der Waals surface area (Å²) < 4.78 is 68.9. The Labute approximate surface area is 638 Å². The molecule has 17 nitrogen and oxygen atoms in total. The second-order valence-corrected chi connectivity index (χ2v) is 33.7. The van der Waals surface area contributed by atoms with Crippen LogP contribution in [0.2, 0.25) is 0 Å². The molecular weight excluding hydrogens is 1350 g/mol. The van der Waals surface area contributed by atoms with Gasteiger partial charge in [0.15, 0.2) is 12.2 Å². The second kappa shape index (κ2) is 77.8. The molecule has 0 aliphatic rings. The van der Waals surface area contributed by atoms with Crippen LogP contribution in [0.4, 0.5) is 0 Å². The molecule has 0 saturated heterocycles. The number of hydrogen-bond donors (Lipinski definition) is 3. The molecule has 6 atom stereocenters.